The van der Waals surface area contributed by atoms with E-state index in [0.717, 1.165) is 33.8 Å². The van der Waals surface area contributed by atoms with Gasteiger partial charge < -0.3 is 29.2 Å². The van der Waals surface area contributed by atoms with Crippen molar-refractivity contribution in [3.8, 4) is 11.5 Å². The SMILES string of the molecule is Cc1cc([C@@H](C)Nc2ccccc2C(=O)O)c2oc(N3Cc4ccc5c(c4C3)OCO5)cc(=O)c2c1. The van der Waals surface area contributed by atoms with Gasteiger partial charge in [-0.05, 0) is 49.2 Å². The van der Waals surface area contributed by atoms with Gasteiger partial charge in [-0.25, -0.2) is 4.79 Å². The summed E-state index contributed by atoms with van der Waals surface area (Å²) in [5.74, 6) is 0.946. The van der Waals surface area contributed by atoms with Crippen molar-refractivity contribution in [2.24, 2.45) is 0 Å². The first kappa shape index (κ1) is 22.0. The minimum atomic E-state index is -1.01. The molecule has 0 radical (unpaired) electrons. The molecule has 1 aromatic heterocycles. The molecule has 2 aliphatic heterocycles. The molecule has 8 heteroatoms. The van der Waals surface area contributed by atoms with Crippen LogP contribution in [0.5, 0.6) is 11.5 Å². The van der Waals surface area contributed by atoms with Crippen LogP contribution >= 0.6 is 0 Å². The van der Waals surface area contributed by atoms with Crippen molar-refractivity contribution >= 4 is 28.5 Å². The third kappa shape index (κ3) is 3.62. The standard InChI is InChI=1S/C28H24N2O6/c1-15-9-19(16(2)29-22-6-4-3-5-18(22)28(32)33)26-20(10-15)23(31)11-25(36-26)30-12-17-7-8-24-27(21(17)13-30)35-14-34-24/h3-11,16,29H,12-14H2,1-2H3,(H,32,33)/t16-/m1/s1. The minimum absolute atomic E-state index is 0.130. The second-order valence-corrected chi connectivity index (χ2v) is 9.19. The summed E-state index contributed by atoms with van der Waals surface area (Å²) in [5, 5.41) is 13.4. The lowest BCUT2D eigenvalue weighted by atomic mass is 10.0. The summed E-state index contributed by atoms with van der Waals surface area (Å²) in [6.45, 7) is 5.17. The number of aryl methyl sites for hydroxylation is 1. The summed E-state index contributed by atoms with van der Waals surface area (Å²) in [6.07, 6.45) is 0. The third-order valence-electron chi connectivity index (χ3n) is 6.75. The lowest BCUT2D eigenvalue weighted by Crippen LogP contribution is -2.18. The first-order valence-electron chi connectivity index (χ1n) is 11.7. The minimum Gasteiger partial charge on any atom is -0.478 e. The summed E-state index contributed by atoms with van der Waals surface area (Å²) in [6, 6.07) is 15.7. The number of nitrogens with one attached hydrogen (secondary N) is 1. The predicted molar refractivity (Wildman–Crippen MR) is 135 cm³/mol. The number of hydrogen-bond donors (Lipinski definition) is 2. The van der Waals surface area contributed by atoms with Crippen LogP contribution in [0.15, 0.2) is 63.8 Å². The number of fused-ring (bicyclic) bond motifs is 4. The van der Waals surface area contributed by atoms with E-state index in [9.17, 15) is 14.7 Å². The smallest absolute Gasteiger partial charge is 0.337 e. The molecule has 8 nitrogen and oxygen atoms in total. The number of nitrogens with zero attached hydrogens (tertiary/aromatic N) is 1. The Morgan fingerprint density at radius 3 is 2.75 bits per heavy atom. The molecule has 0 spiro atoms. The number of para-hydroxylation sites is 1. The van der Waals surface area contributed by atoms with Gasteiger partial charge in [0.2, 0.25) is 12.7 Å². The van der Waals surface area contributed by atoms with Crippen LogP contribution < -0.4 is 25.1 Å². The van der Waals surface area contributed by atoms with E-state index in [1.54, 1.807) is 24.3 Å². The van der Waals surface area contributed by atoms with E-state index in [1.807, 2.05) is 43.0 Å². The Morgan fingerprint density at radius 2 is 1.92 bits per heavy atom. The summed E-state index contributed by atoms with van der Waals surface area (Å²) < 4.78 is 17.6. The first-order chi connectivity index (χ1) is 17.4. The van der Waals surface area contributed by atoms with Crippen molar-refractivity contribution in [3.63, 3.8) is 0 Å². The van der Waals surface area contributed by atoms with Crippen LogP contribution in [0.25, 0.3) is 11.0 Å². The maximum Gasteiger partial charge on any atom is 0.337 e. The molecule has 2 N–H and O–H groups in total. The summed E-state index contributed by atoms with van der Waals surface area (Å²) >= 11 is 0. The molecule has 182 valence electrons. The van der Waals surface area contributed by atoms with Gasteiger partial charge in [0.15, 0.2) is 16.9 Å². The van der Waals surface area contributed by atoms with E-state index in [-0.39, 0.29) is 23.8 Å². The molecule has 0 saturated carbocycles. The lowest BCUT2D eigenvalue weighted by Gasteiger charge is -2.21. The Kier molecular flexibility index (Phi) is 5.10. The zero-order valence-corrected chi connectivity index (χ0v) is 19.8. The molecule has 0 unspecified atom stereocenters. The molecule has 4 aromatic rings. The van der Waals surface area contributed by atoms with E-state index in [0.29, 0.717) is 35.6 Å². The first-order valence-corrected chi connectivity index (χ1v) is 11.7. The van der Waals surface area contributed by atoms with Crippen molar-refractivity contribution in [1.82, 2.24) is 0 Å². The number of aromatic carboxylic acids is 1. The zero-order valence-electron chi connectivity index (χ0n) is 19.8. The average molecular weight is 485 g/mol. The number of anilines is 2. The topological polar surface area (TPSA) is 101 Å². The summed E-state index contributed by atoms with van der Waals surface area (Å²) in [7, 11) is 0. The molecule has 0 fully saturated rings. The second-order valence-electron chi connectivity index (χ2n) is 9.19. The van der Waals surface area contributed by atoms with Crippen molar-refractivity contribution in [3.05, 3.63) is 92.6 Å². The molecule has 1 atom stereocenters. The zero-order chi connectivity index (χ0) is 25.0. The number of hydrogen-bond acceptors (Lipinski definition) is 7. The number of carboxylic acid groups (broad SMARTS) is 1. The van der Waals surface area contributed by atoms with Gasteiger partial charge in [-0.2, -0.15) is 0 Å². The van der Waals surface area contributed by atoms with Gasteiger partial charge in [0, 0.05) is 29.4 Å². The fourth-order valence-corrected chi connectivity index (χ4v) is 5.01. The molecular weight excluding hydrogens is 460 g/mol. The highest BCUT2D eigenvalue weighted by Crippen LogP contribution is 2.42. The second kappa shape index (κ2) is 8.34. The molecule has 3 aromatic carbocycles. The maximum atomic E-state index is 13.2. The quantitative estimate of drug-likeness (QED) is 0.398. The number of carbonyl (C=O) groups is 1. The molecule has 3 heterocycles. The van der Waals surface area contributed by atoms with Crippen LogP contribution in [0, 0.1) is 6.92 Å². The largest absolute Gasteiger partial charge is 0.478 e. The van der Waals surface area contributed by atoms with E-state index >= 15 is 0 Å². The Hall–Kier alpha value is -4.46. The molecule has 6 rings (SSSR count). The lowest BCUT2D eigenvalue weighted by molar-refractivity contribution is 0.0698. The third-order valence-corrected chi connectivity index (χ3v) is 6.75. The van der Waals surface area contributed by atoms with E-state index in [1.165, 1.54) is 6.07 Å². The Labute approximate surface area is 206 Å². The molecular formula is C28H24N2O6. The van der Waals surface area contributed by atoms with E-state index in [2.05, 4.69) is 5.32 Å². The van der Waals surface area contributed by atoms with Crippen molar-refractivity contribution in [1.29, 1.82) is 0 Å². The van der Waals surface area contributed by atoms with Crippen LogP contribution in [-0.4, -0.2) is 17.9 Å². The number of ether oxygens (including phenoxy) is 2. The van der Waals surface area contributed by atoms with Gasteiger partial charge in [-0.1, -0.05) is 24.3 Å². The van der Waals surface area contributed by atoms with Crippen LogP contribution in [-0.2, 0) is 13.1 Å². The molecule has 0 saturated heterocycles. The monoisotopic (exact) mass is 484 g/mol. The van der Waals surface area contributed by atoms with Gasteiger partial charge >= 0.3 is 5.97 Å². The molecule has 36 heavy (non-hydrogen) atoms. The summed E-state index contributed by atoms with van der Waals surface area (Å²) in [5.41, 5.74) is 4.86. The number of carboxylic acids is 1. The number of rotatable bonds is 5. The molecule has 2 aliphatic rings. The van der Waals surface area contributed by atoms with E-state index in [4.69, 9.17) is 13.9 Å². The van der Waals surface area contributed by atoms with Crippen molar-refractivity contribution in [2.75, 3.05) is 17.0 Å². The highest BCUT2D eigenvalue weighted by atomic mass is 16.7. The Balaban J connectivity index is 1.40. The van der Waals surface area contributed by atoms with Gasteiger partial charge in [0.05, 0.1) is 23.5 Å². The van der Waals surface area contributed by atoms with Gasteiger partial charge in [-0.15, -0.1) is 0 Å². The Morgan fingerprint density at radius 1 is 1.08 bits per heavy atom. The van der Waals surface area contributed by atoms with Crippen LogP contribution in [0.2, 0.25) is 0 Å². The average Bonchev–Trinajstić information content (AvgIpc) is 3.51. The van der Waals surface area contributed by atoms with Crippen LogP contribution in [0.3, 0.4) is 0 Å². The maximum absolute atomic E-state index is 13.2. The van der Waals surface area contributed by atoms with Crippen molar-refractivity contribution in [2.45, 2.75) is 33.0 Å². The Bertz CT molecular complexity index is 1590. The number of benzene rings is 3. The van der Waals surface area contributed by atoms with Gasteiger partial charge in [0.25, 0.3) is 0 Å². The molecule has 0 amide bonds. The van der Waals surface area contributed by atoms with E-state index < -0.39 is 5.97 Å². The van der Waals surface area contributed by atoms with Crippen LogP contribution in [0.4, 0.5) is 11.6 Å². The highest BCUT2D eigenvalue weighted by molar-refractivity contribution is 5.94. The molecule has 0 bridgehead atoms. The van der Waals surface area contributed by atoms with Crippen LogP contribution in [0.1, 0.15) is 45.6 Å². The molecule has 0 aliphatic carbocycles. The van der Waals surface area contributed by atoms with Gasteiger partial charge in [-0.3, -0.25) is 4.79 Å². The van der Waals surface area contributed by atoms with Crippen molar-refractivity contribution < 1.29 is 23.8 Å². The fraction of sp³-hybridized carbons (Fsp3) is 0.214. The fourth-order valence-electron chi connectivity index (χ4n) is 5.01. The van der Waals surface area contributed by atoms with Gasteiger partial charge in [0.1, 0.15) is 5.58 Å². The normalized spacial score (nSPS) is 14.7. The predicted octanol–water partition coefficient (Wildman–Crippen LogP) is 5.22. The summed E-state index contributed by atoms with van der Waals surface area (Å²) in [4.78, 5) is 26.9. The highest BCUT2D eigenvalue weighted by Gasteiger charge is 2.29.